The highest BCUT2D eigenvalue weighted by atomic mass is 32.1. The highest BCUT2D eigenvalue weighted by Gasteiger charge is 2.37. The molecule has 0 spiro atoms. The summed E-state index contributed by atoms with van der Waals surface area (Å²) < 4.78 is 4.06. The largest absolute Gasteiger partial charge is 0.235 e. The van der Waals surface area contributed by atoms with Crippen LogP contribution >= 0.6 is 22.9 Å². The van der Waals surface area contributed by atoms with Gasteiger partial charge in [0, 0.05) is 10.9 Å². The predicted octanol–water partition coefficient (Wildman–Crippen LogP) is 6.55. The smallest absolute Gasteiger partial charge is 0.137 e. The van der Waals surface area contributed by atoms with Gasteiger partial charge in [0.25, 0.3) is 0 Å². The molecule has 0 N–H and O–H groups in total. The molecular formula is C22H27N3S2. The van der Waals surface area contributed by atoms with Gasteiger partial charge in [0.15, 0.2) is 0 Å². The molecule has 2 aromatic heterocycles. The highest BCUT2D eigenvalue weighted by molar-refractivity contribution is 7.18. The number of benzene rings is 1. The summed E-state index contributed by atoms with van der Waals surface area (Å²) >= 11 is 3.12. The zero-order chi connectivity index (χ0) is 19.4. The Labute approximate surface area is 170 Å². The standard InChI is InChI=1S/C22H27N3S2/c1-7-14-10-16-17(22(5,6)9-8-21(16,3)4)11-15(14)18-12-26-20(23-18)19-13(2)24-25-27-19/h10-12H,7-9H2,1-6H3. The first kappa shape index (κ1) is 18.8. The van der Waals surface area contributed by atoms with E-state index in [1.54, 1.807) is 11.3 Å². The molecule has 4 rings (SSSR count). The SMILES string of the molecule is CCc1cc2c(cc1-c1csc(-c3snnc3C)n1)C(C)(C)CCC2(C)C. The maximum absolute atomic E-state index is 4.97. The summed E-state index contributed by atoms with van der Waals surface area (Å²) in [6.07, 6.45) is 3.49. The van der Waals surface area contributed by atoms with Crippen LogP contribution in [0.1, 0.15) is 69.8 Å². The molecule has 0 aliphatic heterocycles. The van der Waals surface area contributed by atoms with Crippen molar-refractivity contribution in [3.05, 3.63) is 39.9 Å². The van der Waals surface area contributed by atoms with E-state index in [1.165, 1.54) is 46.6 Å². The molecule has 142 valence electrons. The average Bonchev–Trinajstić information content (AvgIpc) is 3.26. The van der Waals surface area contributed by atoms with Gasteiger partial charge in [-0.2, -0.15) is 0 Å². The Bertz CT molecular complexity index is 995. The van der Waals surface area contributed by atoms with Gasteiger partial charge in [0.1, 0.15) is 9.88 Å². The molecule has 0 radical (unpaired) electrons. The van der Waals surface area contributed by atoms with E-state index in [0.29, 0.717) is 0 Å². The molecule has 0 atom stereocenters. The van der Waals surface area contributed by atoms with Crippen LogP contribution in [0.15, 0.2) is 17.5 Å². The van der Waals surface area contributed by atoms with Crippen molar-refractivity contribution in [3.8, 4) is 21.1 Å². The van der Waals surface area contributed by atoms with Crippen LogP contribution in [-0.2, 0) is 17.3 Å². The molecule has 1 aliphatic rings. The van der Waals surface area contributed by atoms with E-state index in [2.05, 4.69) is 61.7 Å². The van der Waals surface area contributed by atoms with E-state index in [4.69, 9.17) is 4.98 Å². The Balaban J connectivity index is 1.87. The van der Waals surface area contributed by atoms with Crippen molar-refractivity contribution < 1.29 is 0 Å². The lowest BCUT2D eigenvalue weighted by molar-refractivity contribution is 0.331. The molecule has 0 unspecified atom stereocenters. The van der Waals surface area contributed by atoms with Crippen molar-refractivity contribution in [1.29, 1.82) is 0 Å². The first-order chi connectivity index (χ1) is 12.7. The fraction of sp³-hybridized carbons (Fsp3) is 0.500. The van der Waals surface area contributed by atoms with E-state index in [1.807, 2.05) is 6.92 Å². The number of thiazole rings is 1. The molecule has 0 amide bonds. The minimum Gasteiger partial charge on any atom is -0.235 e. The molecule has 0 saturated heterocycles. The summed E-state index contributed by atoms with van der Waals surface area (Å²) in [6.45, 7) is 13.8. The lowest BCUT2D eigenvalue weighted by Crippen LogP contribution is -2.34. The van der Waals surface area contributed by atoms with E-state index in [-0.39, 0.29) is 10.8 Å². The fourth-order valence-corrected chi connectivity index (χ4v) is 5.73. The third-order valence-corrected chi connectivity index (χ3v) is 7.91. The Morgan fingerprint density at radius 1 is 1.04 bits per heavy atom. The van der Waals surface area contributed by atoms with Gasteiger partial charge in [-0.15, -0.1) is 16.4 Å². The lowest BCUT2D eigenvalue weighted by atomic mass is 9.62. The molecular weight excluding hydrogens is 370 g/mol. The minimum atomic E-state index is 0.211. The predicted molar refractivity (Wildman–Crippen MR) is 116 cm³/mol. The quantitative estimate of drug-likeness (QED) is 0.503. The highest BCUT2D eigenvalue weighted by Crippen LogP contribution is 2.48. The Hall–Kier alpha value is -1.59. The molecule has 2 heterocycles. The summed E-state index contributed by atoms with van der Waals surface area (Å²) in [4.78, 5) is 6.06. The maximum Gasteiger partial charge on any atom is 0.137 e. The zero-order valence-electron chi connectivity index (χ0n) is 17.0. The first-order valence-electron chi connectivity index (χ1n) is 9.66. The number of aryl methyl sites for hydroxylation is 2. The van der Waals surface area contributed by atoms with Crippen molar-refractivity contribution >= 4 is 22.9 Å². The summed E-state index contributed by atoms with van der Waals surface area (Å²) in [5, 5.41) is 7.35. The van der Waals surface area contributed by atoms with Crippen LogP contribution in [-0.4, -0.2) is 14.6 Å². The maximum atomic E-state index is 4.97. The van der Waals surface area contributed by atoms with Crippen LogP contribution in [0.2, 0.25) is 0 Å². The Morgan fingerprint density at radius 2 is 1.70 bits per heavy atom. The van der Waals surface area contributed by atoms with Crippen LogP contribution in [0.5, 0.6) is 0 Å². The van der Waals surface area contributed by atoms with Gasteiger partial charge < -0.3 is 0 Å². The second-order valence-corrected chi connectivity index (χ2v) is 10.5. The summed E-state index contributed by atoms with van der Waals surface area (Å²) in [7, 11) is 0. The van der Waals surface area contributed by atoms with Crippen molar-refractivity contribution in [2.24, 2.45) is 0 Å². The van der Waals surface area contributed by atoms with Gasteiger partial charge in [-0.25, -0.2) is 4.98 Å². The average molecular weight is 398 g/mol. The topological polar surface area (TPSA) is 38.7 Å². The third-order valence-electron chi connectivity index (χ3n) is 6.08. The van der Waals surface area contributed by atoms with Crippen LogP contribution in [0, 0.1) is 6.92 Å². The summed E-state index contributed by atoms with van der Waals surface area (Å²) in [5.74, 6) is 0. The third kappa shape index (κ3) is 3.15. The number of aromatic nitrogens is 3. The van der Waals surface area contributed by atoms with E-state index < -0.39 is 0 Å². The number of hydrogen-bond donors (Lipinski definition) is 0. The van der Waals surface area contributed by atoms with Gasteiger partial charge in [-0.05, 0) is 71.3 Å². The molecule has 3 aromatic rings. The number of hydrogen-bond acceptors (Lipinski definition) is 5. The van der Waals surface area contributed by atoms with Crippen LogP contribution < -0.4 is 0 Å². The van der Waals surface area contributed by atoms with Gasteiger partial charge in [0.2, 0.25) is 0 Å². The van der Waals surface area contributed by atoms with Crippen molar-refractivity contribution in [2.45, 2.75) is 71.6 Å². The molecule has 1 aliphatic carbocycles. The van der Waals surface area contributed by atoms with Crippen LogP contribution in [0.4, 0.5) is 0 Å². The normalized spacial score (nSPS) is 17.7. The van der Waals surface area contributed by atoms with Crippen molar-refractivity contribution in [2.75, 3.05) is 0 Å². The second kappa shape index (κ2) is 6.49. The monoisotopic (exact) mass is 397 g/mol. The lowest BCUT2D eigenvalue weighted by Gasteiger charge is -2.42. The fourth-order valence-electron chi connectivity index (χ4n) is 4.12. The van der Waals surface area contributed by atoms with Crippen molar-refractivity contribution in [3.63, 3.8) is 0 Å². The molecule has 5 heteroatoms. The number of nitrogens with zero attached hydrogens (tertiary/aromatic N) is 3. The number of fused-ring (bicyclic) bond motifs is 1. The van der Waals surface area contributed by atoms with Gasteiger partial charge >= 0.3 is 0 Å². The van der Waals surface area contributed by atoms with Gasteiger partial charge in [-0.1, -0.05) is 45.2 Å². The summed E-state index contributed by atoms with van der Waals surface area (Å²) in [6, 6.07) is 4.90. The molecule has 27 heavy (non-hydrogen) atoms. The molecule has 0 saturated carbocycles. The Kier molecular flexibility index (Phi) is 4.51. The molecule has 3 nitrogen and oxygen atoms in total. The Morgan fingerprint density at radius 3 is 2.30 bits per heavy atom. The zero-order valence-corrected chi connectivity index (χ0v) is 18.6. The van der Waals surface area contributed by atoms with Gasteiger partial charge in [0.05, 0.1) is 11.4 Å². The van der Waals surface area contributed by atoms with Crippen molar-refractivity contribution in [1.82, 2.24) is 14.6 Å². The molecule has 0 fully saturated rings. The summed E-state index contributed by atoms with van der Waals surface area (Å²) in [5.41, 5.74) is 8.21. The second-order valence-electron chi connectivity index (χ2n) is 8.90. The molecule has 0 bridgehead atoms. The minimum absolute atomic E-state index is 0.211. The van der Waals surface area contributed by atoms with E-state index in [0.717, 1.165) is 27.7 Å². The van der Waals surface area contributed by atoms with E-state index in [9.17, 15) is 0 Å². The first-order valence-corrected chi connectivity index (χ1v) is 11.3. The van der Waals surface area contributed by atoms with Crippen LogP contribution in [0.3, 0.4) is 0 Å². The molecule has 1 aromatic carbocycles. The van der Waals surface area contributed by atoms with Crippen LogP contribution in [0.25, 0.3) is 21.1 Å². The number of rotatable bonds is 3. The van der Waals surface area contributed by atoms with E-state index >= 15 is 0 Å². The van der Waals surface area contributed by atoms with Gasteiger partial charge in [-0.3, -0.25) is 0 Å².